The molecule has 0 radical (unpaired) electrons. The van der Waals surface area contributed by atoms with Gasteiger partial charge in [-0.1, -0.05) is 0 Å². The number of fused-ring (bicyclic) bond motifs is 1. The van der Waals surface area contributed by atoms with Crippen LogP contribution in [0.2, 0.25) is 0 Å². The zero-order valence-electron chi connectivity index (χ0n) is 5.81. The van der Waals surface area contributed by atoms with Crippen LogP contribution in [0.25, 0.3) is 0 Å². The third-order valence-electron chi connectivity index (χ3n) is 1.63. The average Bonchev–Trinajstić information content (AvgIpc) is 2.33. The van der Waals surface area contributed by atoms with Crippen molar-refractivity contribution < 1.29 is 0 Å². The lowest BCUT2D eigenvalue weighted by atomic mass is 10.2. The summed E-state index contributed by atoms with van der Waals surface area (Å²) in [6.07, 6.45) is 1.79. The third kappa shape index (κ3) is 0.725. The molecule has 0 unspecified atom stereocenters. The van der Waals surface area contributed by atoms with Gasteiger partial charge in [-0.3, -0.25) is 5.10 Å². The summed E-state index contributed by atoms with van der Waals surface area (Å²) in [7, 11) is 0. The molecule has 0 bridgehead atoms. The monoisotopic (exact) mass is 138 g/mol. The van der Waals surface area contributed by atoms with Gasteiger partial charge in [-0.25, -0.2) is 0 Å². The third-order valence-corrected chi connectivity index (χ3v) is 1.63. The Bertz CT molecular complexity index is 229. The van der Waals surface area contributed by atoms with E-state index in [2.05, 4.69) is 27.8 Å². The lowest BCUT2D eigenvalue weighted by Crippen LogP contribution is -2.29. The fourth-order valence-electron chi connectivity index (χ4n) is 1.10. The minimum atomic E-state index is 0.491. The molecule has 1 atom stereocenters. The van der Waals surface area contributed by atoms with E-state index >= 15 is 0 Å². The summed E-state index contributed by atoms with van der Waals surface area (Å²) in [5, 5.41) is 13.2. The maximum Gasteiger partial charge on any atom is 0.145 e. The Balaban J connectivity index is 2.30. The smallest absolute Gasteiger partial charge is 0.145 e. The summed E-state index contributed by atoms with van der Waals surface area (Å²) < 4.78 is 0. The van der Waals surface area contributed by atoms with Crippen molar-refractivity contribution in [3.05, 3.63) is 6.20 Å². The van der Waals surface area contributed by atoms with Gasteiger partial charge in [0, 0.05) is 12.6 Å². The van der Waals surface area contributed by atoms with E-state index in [1.807, 2.05) is 0 Å². The number of rotatable bonds is 0. The summed E-state index contributed by atoms with van der Waals surface area (Å²) in [6, 6.07) is 0.491. The van der Waals surface area contributed by atoms with Gasteiger partial charge >= 0.3 is 0 Å². The van der Waals surface area contributed by atoms with E-state index in [-0.39, 0.29) is 0 Å². The zero-order valence-corrected chi connectivity index (χ0v) is 5.81. The van der Waals surface area contributed by atoms with E-state index in [1.54, 1.807) is 6.20 Å². The summed E-state index contributed by atoms with van der Waals surface area (Å²) in [5.74, 6) is 0.998. The van der Waals surface area contributed by atoms with Crippen LogP contribution in [0.4, 0.5) is 11.5 Å². The van der Waals surface area contributed by atoms with Gasteiger partial charge in [0.1, 0.15) is 5.82 Å². The number of nitrogens with one attached hydrogen (secondary N) is 3. The molecule has 1 aromatic heterocycles. The second-order valence-electron chi connectivity index (χ2n) is 2.58. The highest BCUT2D eigenvalue weighted by Gasteiger charge is 2.13. The minimum absolute atomic E-state index is 0.491. The Morgan fingerprint density at radius 1 is 1.70 bits per heavy atom. The molecule has 0 spiro atoms. The zero-order chi connectivity index (χ0) is 6.97. The molecule has 54 valence electrons. The van der Waals surface area contributed by atoms with Crippen molar-refractivity contribution >= 4 is 11.5 Å². The highest BCUT2D eigenvalue weighted by Crippen LogP contribution is 2.21. The molecule has 0 saturated carbocycles. The number of aromatic amines is 1. The van der Waals surface area contributed by atoms with Crippen molar-refractivity contribution in [2.75, 3.05) is 17.2 Å². The molecule has 3 N–H and O–H groups in total. The van der Waals surface area contributed by atoms with Gasteiger partial charge in [0.25, 0.3) is 0 Å². The lowest BCUT2D eigenvalue weighted by molar-refractivity contribution is 0.814. The maximum absolute atomic E-state index is 3.89. The molecule has 4 nitrogen and oxygen atoms in total. The normalized spacial score (nSPS) is 22.7. The van der Waals surface area contributed by atoms with Gasteiger partial charge in [0.05, 0.1) is 11.9 Å². The molecule has 1 aliphatic rings. The number of H-pyrrole nitrogens is 1. The number of nitrogens with zero attached hydrogens (tertiary/aromatic N) is 1. The van der Waals surface area contributed by atoms with Crippen LogP contribution >= 0.6 is 0 Å². The van der Waals surface area contributed by atoms with E-state index in [4.69, 9.17) is 0 Å². The molecule has 0 fully saturated rings. The quantitative estimate of drug-likeness (QED) is 0.493. The van der Waals surface area contributed by atoms with E-state index in [0.717, 1.165) is 18.1 Å². The minimum Gasteiger partial charge on any atom is -0.377 e. The number of anilines is 2. The Morgan fingerprint density at radius 2 is 2.60 bits per heavy atom. The maximum atomic E-state index is 3.89. The van der Waals surface area contributed by atoms with Crippen LogP contribution in [-0.2, 0) is 0 Å². The highest BCUT2D eigenvalue weighted by atomic mass is 15.2. The molecule has 0 saturated heterocycles. The summed E-state index contributed by atoms with van der Waals surface area (Å²) in [5.41, 5.74) is 1.07. The van der Waals surface area contributed by atoms with Crippen LogP contribution in [0.1, 0.15) is 6.92 Å². The van der Waals surface area contributed by atoms with Gasteiger partial charge in [-0.2, -0.15) is 5.10 Å². The number of aromatic nitrogens is 2. The number of hydrogen-bond donors (Lipinski definition) is 3. The molecule has 2 heterocycles. The van der Waals surface area contributed by atoms with Crippen molar-refractivity contribution in [2.24, 2.45) is 0 Å². The SMILES string of the molecule is C[C@H]1CNc2[nH]ncc2N1. The Morgan fingerprint density at radius 3 is 3.50 bits per heavy atom. The summed E-state index contributed by atoms with van der Waals surface area (Å²) in [6.45, 7) is 3.08. The average molecular weight is 138 g/mol. The molecular formula is C6H10N4. The largest absolute Gasteiger partial charge is 0.377 e. The standard InChI is InChI=1S/C6H10N4/c1-4-2-7-6-5(9-4)3-8-10-6/h3-4,9H,2H2,1H3,(H2,7,8,10)/t4-/m0/s1. The first-order chi connectivity index (χ1) is 4.86. The van der Waals surface area contributed by atoms with E-state index in [0.29, 0.717) is 6.04 Å². The van der Waals surface area contributed by atoms with Crippen molar-refractivity contribution in [2.45, 2.75) is 13.0 Å². The first-order valence-corrected chi connectivity index (χ1v) is 3.40. The van der Waals surface area contributed by atoms with Crippen LogP contribution < -0.4 is 10.6 Å². The summed E-state index contributed by atoms with van der Waals surface area (Å²) in [4.78, 5) is 0. The van der Waals surface area contributed by atoms with E-state index in [1.165, 1.54) is 0 Å². The summed E-state index contributed by atoms with van der Waals surface area (Å²) >= 11 is 0. The van der Waals surface area contributed by atoms with Crippen molar-refractivity contribution in [1.82, 2.24) is 10.2 Å². The Hall–Kier alpha value is -1.19. The van der Waals surface area contributed by atoms with Gasteiger partial charge in [0.2, 0.25) is 0 Å². The molecule has 0 aromatic carbocycles. The molecular weight excluding hydrogens is 128 g/mol. The number of hydrogen-bond acceptors (Lipinski definition) is 3. The van der Waals surface area contributed by atoms with E-state index in [9.17, 15) is 0 Å². The van der Waals surface area contributed by atoms with Gasteiger partial charge in [-0.15, -0.1) is 0 Å². The van der Waals surface area contributed by atoms with Crippen molar-refractivity contribution in [3.8, 4) is 0 Å². The van der Waals surface area contributed by atoms with Gasteiger partial charge < -0.3 is 10.6 Å². The topological polar surface area (TPSA) is 52.7 Å². The second-order valence-corrected chi connectivity index (χ2v) is 2.58. The second kappa shape index (κ2) is 1.90. The fourth-order valence-corrected chi connectivity index (χ4v) is 1.10. The van der Waals surface area contributed by atoms with Crippen LogP contribution in [0.5, 0.6) is 0 Å². The molecule has 0 amide bonds. The molecule has 10 heavy (non-hydrogen) atoms. The fraction of sp³-hybridized carbons (Fsp3) is 0.500. The van der Waals surface area contributed by atoms with Gasteiger partial charge in [0.15, 0.2) is 0 Å². The van der Waals surface area contributed by atoms with Crippen LogP contribution in [-0.4, -0.2) is 22.8 Å². The van der Waals surface area contributed by atoms with Crippen molar-refractivity contribution in [1.29, 1.82) is 0 Å². The Labute approximate surface area is 59.0 Å². The first-order valence-electron chi connectivity index (χ1n) is 3.40. The molecule has 4 heteroatoms. The van der Waals surface area contributed by atoms with Crippen LogP contribution in [0, 0.1) is 0 Å². The van der Waals surface area contributed by atoms with Crippen molar-refractivity contribution in [3.63, 3.8) is 0 Å². The molecule has 0 aliphatic carbocycles. The van der Waals surface area contributed by atoms with Crippen LogP contribution in [0.3, 0.4) is 0 Å². The predicted octanol–water partition coefficient (Wildman–Crippen LogP) is 0.636. The molecule has 1 aliphatic heterocycles. The predicted molar refractivity (Wildman–Crippen MR) is 40.2 cm³/mol. The highest BCUT2D eigenvalue weighted by molar-refractivity contribution is 5.65. The Kier molecular flexibility index (Phi) is 1.06. The first kappa shape index (κ1) is 5.58. The molecule has 1 aromatic rings. The molecule has 2 rings (SSSR count). The van der Waals surface area contributed by atoms with Crippen LogP contribution in [0.15, 0.2) is 6.20 Å². The van der Waals surface area contributed by atoms with Gasteiger partial charge in [-0.05, 0) is 6.92 Å². The van der Waals surface area contributed by atoms with E-state index < -0.39 is 0 Å². The lowest BCUT2D eigenvalue weighted by Gasteiger charge is -2.21.